The summed E-state index contributed by atoms with van der Waals surface area (Å²) in [5, 5.41) is 2.78. The average Bonchev–Trinajstić information content (AvgIpc) is 2.48. The number of nitrogens with one attached hydrogen (secondary N) is 1. The van der Waals surface area contributed by atoms with Crippen LogP contribution in [0.2, 0.25) is 0 Å². The highest BCUT2D eigenvalue weighted by atomic mass is 19.1. The Morgan fingerprint density at radius 2 is 2.00 bits per heavy atom. The van der Waals surface area contributed by atoms with Crippen LogP contribution in [-0.4, -0.2) is 12.5 Å². The molecular formula is C18H20FNO2. The second-order valence-electron chi connectivity index (χ2n) is 5.65. The van der Waals surface area contributed by atoms with E-state index in [4.69, 9.17) is 4.74 Å². The summed E-state index contributed by atoms with van der Waals surface area (Å²) in [7, 11) is 0. The Balaban J connectivity index is 2.10. The molecule has 1 N–H and O–H groups in total. The van der Waals surface area contributed by atoms with Gasteiger partial charge in [0, 0.05) is 11.3 Å². The van der Waals surface area contributed by atoms with E-state index < -0.39 is 0 Å². The quantitative estimate of drug-likeness (QED) is 0.887. The monoisotopic (exact) mass is 301 g/mol. The second-order valence-corrected chi connectivity index (χ2v) is 5.65. The maximum atomic E-state index is 13.1. The van der Waals surface area contributed by atoms with Crippen molar-refractivity contribution in [1.29, 1.82) is 0 Å². The fourth-order valence-corrected chi connectivity index (χ4v) is 1.95. The van der Waals surface area contributed by atoms with Crippen molar-refractivity contribution < 1.29 is 13.9 Å². The van der Waals surface area contributed by atoms with Gasteiger partial charge in [-0.25, -0.2) is 4.39 Å². The number of amides is 1. The summed E-state index contributed by atoms with van der Waals surface area (Å²) in [5.74, 6) is 0.515. The van der Waals surface area contributed by atoms with E-state index in [1.165, 1.54) is 12.1 Å². The molecule has 4 heteroatoms. The van der Waals surface area contributed by atoms with Crippen LogP contribution in [0.3, 0.4) is 0 Å². The van der Waals surface area contributed by atoms with Gasteiger partial charge in [0.05, 0.1) is 6.61 Å². The number of anilines is 1. The summed E-state index contributed by atoms with van der Waals surface area (Å²) in [6.07, 6.45) is 0. The highest BCUT2D eigenvalue weighted by Crippen LogP contribution is 2.19. The molecule has 0 atom stereocenters. The van der Waals surface area contributed by atoms with Crippen molar-refractivity contribution in [3.63, 3.8) is 0 Å². The number of aryl methyl sites for hydroxylation is 1. The van der Waals surface area contributed by atoms with Crippen LogP contribution in [0.5, 0.6) is 5.75 Å². The molecule has 0 aromatic heterocycles. The van der Waals surface area contributed by atoms with E-state index in [1.54, 1.807) is 31.2 Å². The molecule has 116 valence electrons. The maximum absolute atomic E-state index is 13.1. The number of hydrogen-bond donors (Lipinski definition) is 1. The Bertz CT molecular complexity index is 668. The molecule has 0 heterocycles. The lowest BCUT2D eigenvalue weighted by Gasteiger charge is -2.11. The van der Waals surface area contributed by atoms with Crippen LogP contribution in [-0.2, 0) is 0 Å². The zero-order valence-electron chi connectivity index (χ0n) is 13.0. The van der Waals surface area contributed by atoms with Gasteiger partial charge < -0.3 is 10.1 Å². The standard InChI is InChI=1S/C18H20FNO2/c1-12(2)11-22-16-6-4-5-14(10-16)18(21)20-17-8-7-15(19)9-13(17)3/h4-10,12H,11H2,1-3H3,(H,20,21). The highest BCUT2D eigenvalue weighted by Gasteiger charge is 2.09. The molecule has 0 radical (unpaired) electrons. The summed E-state index contributed by atoms with van der Waals surface area (Å²) in [6.45, 7) is 6.48. The fraction of sp³-hybridized carbons (Fsp3) is 0.278. The Kier molecular flexibility index (Phi) is 5.15. The summed E-state index contributed by atoms with van der Waals surface area (Å²) in [5.41, 5.74) is 1.78. The molecule has 0 unspecified atom stereocenters. The van der Waals surface area contributed by atoms with E-state index in [9.17, 15) is 9.18 Å². The SMILES string of the molecule is Cc1cc(F)ccc1NC(=O)c1cccc(OCC(C)C)c1. The van der Waals surface area contributed by atoms with Gasteiger partial charge in [0.25, 0.3) is 5.91 Å². The van der Waals surface area contributed by atoms with Gasteiger partial charge in [-0.05, 0) is 54.8 Å². The lowest BCUT2D eigenvalue weighted by molar-refractivity contribution is 0.102. The van der Waals surface area contributed by atoms with Crippen molar-refractivity contribution in [2.24, 2.45) is 5.92 Å². The first-order valence-corrected chi connectivity index (χ1v) is 7.26. The minimum Gasteiger partial charge on any atom is -0.493 e. The van der Waals surface area contributed by atoms with Gasteiger partial charge in [-0.3, -0.25) is 4.79 Å². The Hall–Kier alpha value is -2.36. The molecule has 22 heavy (non-hydrogen) atoms. The molecule has 0 bridgehead atoms. The second kappa shape index (κ2) is 7.07. The van der Waals surface area contributed by atoms with Gasteiger partial charge in [0.1, 0.15) is 11.6 Å². The van der Waals surface area contributed by atoms with Crippen LogP contribution in [0.25, 0.3) is 0 Å². The Labute approximate surface area is 130 Å². The predicted molar refractivity (Wildman–Crippen MR) is 85.9 cm³/mol. The van der Waals surface area contributed by atoms with Crippen molar-refractivity contribution >= 4 is 11.6 Å². The van der Waals surface area contributed by atoms with Crippen molar-refractivity contribution in [3.05, 3.63) is 59.4 Å². The van der Waals surface area contributed by atoms with E-state index in [-0.39, 0.29) is 11.7 Å². The fourth-order valence-electron chi connectivity index (χ4n) is 1.95. The number of halogens is 1. The summed E-state index contributed by atoms with van der Waals surface area (Å²) in [6, 6.07) is 11.3. The average molecular weight is 301 g/mol. The molecule has 2 aromatic rings. The zero-order chi connectivity index (χ0) is 16.1. The van der Waals surface area contributed by atoms with Crippen LogP contribution < -0.4 is 10.1 Å². The lowest BCUT2D eigenvalue weighted by atomic mass is 10.1. The molecule has 0 spiro atoms. The highest BCUT2D eigenvalue weighted by molar-refractivity contribution is 6.04. The van der Waals surface area contributed by atoms with Gasteiger partial charge in [-0.15, -0.1) is 0 Å². The Morgan fingerprint density at radius 3 is 2.68 bits per heavy atom. The number of rotatable bonds is 5. The van der Waals surface area contributed by atoms with Gasteiger partial charge in [-0.2, -0.15) is 0 Å². The predicted octanol–water partition coefficient (Wildman–Crippen LogP) is 4.42. The minimum absolute atomic E-state index is 0.246. The molecule has 3 nitrogen and oxygen atoms in total. The van der Waals surface area contributed by atoms with E-state index in [1.807, 2.05) is 6.07 Å². The maximum Gasteiger partial charge on any atom is 0.255 e. The van der Waals surface area contributed by atoms with E-state index >= 15 is 0 Å². The summed E-state index contributed by atoms with van der Waals surface area (Å²) in [4.78, 5) is 12.3. The van der Waals surface area contributed by atoms with E-state index in [0.717, 1.165) is 0 Å². The molecule has 0 aliphatic heterocycles. The van der Waals surface area contributed by atoms with Crippen molar-refractivity contribution in [3.8, 4) is 5.75 Å². The van der Waals surface area contributed by atoms with Gasteiger partial charge in [-0.1, -0.05) is 19.9 Å². The van der Waals surface area contributed by atoms with Crippen molar-refractivity contribution in [2.75, 3.05) is 11.9 Å². The van der Waals surface area contributed by atoms with Crippen LogP contribution in [0, 0.1) is 18.7 Å². The van der Waals surface area contributed by atoms with Crippen LogP contribution in [0.1, 0.15) is 29.8 Å². The zero-order valence-corrected chi connectivity index (χ0v) is 13.0. The number of hydrogen-bond acceptors (Lipinski definition) is 2. The number of carbonyl (C=O) groups excluding carboxylic acids is 1. The Morgan fingerprint density at radius 1 is 1.23 bits per heavy atom. The third-order valence-corrected chi connectivity index (χ3v) is 3.12. The molecule has 1 amide bonds. The van der Waals surface area contributed by atoms with Crippen molar-refractivity contribution in [1.82, 2.24) is 0 Å². The third kappa shape index (κ3) is 4.32. The van der Waals surface area contributed by atoms with Crippen LogP contribution >= 0.6 is 0 Å². The first kappa shape index (κ1) is 16.0. The summed E-state index contributed by atoms with van der Waals surface area (Å²) >= 11 is 0. The molecule has 0 fully saturated rings. The minimum atomic E-state index is -0.320. The van der Waals surface area contributed by atoms with E-state index in [2.05, 4.69) is 19.2 Å². The van der Waals surface area contributed by atoms with Crippen LogP contribution in [0.4, 0.5) is 10.1 Å². The number of carbonyl (C=O) groups is 1. The number of ether oxygens (including phenoxy) is 1. The molecule has 0 saturated carbocycles. The van der Waals surface area contributed by atoms with Gasteiger partial charge >= 0.3 is 0 Å². The molecule has 0 saturated heterocycles. The normalized spacial score (nSPS) is 10.6. The first-order valence-electron chi connectivity index (χ1n) is 7.26. The van der Waals surface area contributed by atoms with Crippen molar-refractivity contribution in [2.45, 2.75) is 20.8 Å². The summed E-state index contributed by atoms with van der Waals surface area (Å²) < 4.78 is 18.7. The third-order valence-electron chi connectivity index (χ3n) is 3.12. The molecule has 2 aromatic carbocycles. The molecular weight excluding hydrogens is 281 g/mol. The van der Waals surface area contributed by atoms with Crippen LogP contribution in [0.15, 0.2) is 42.5 Å². The molecule has 0 aliphatic carbocycles. The molecule has 2 rings (SSSR count). The number of benzene rings is 2. The molecule has 0 aliphatic rings. The van der Waals surface area contributed by atoms with E-state index in [0.29, 0.717) is 35.1 Å². The first-order chi connectivity index (χ1) is 10.5. The van der Waals surface area contributed by atoms with Gasteiger partial charge in [0.15, 0.2) is 0 Å². The van der Waals surface area contributed by atoms with Gasteiger partial charge in [0.2, 0.25) is 0 Å². The smallest absolute Gasteiger partial charge is 0.255 e. The lowest BCUT2D eigenvalue weighted by Crippen LogP contribution is -2.13. The topological polar surface area (TPSA) is 38.3 Å². The largest absolute Gasteiger partial charge is 0.493 e.